The van der Waals surface area contributed by atoms with Gasteiger partial charge in [-0.1, -0.05) is 143 Å². The molecule has 234 valence electrons. The molecular weight excluding hydrogens is 480 g/mol. The maximum atomic E-state index is 6.68. The highest BCUT2D eigenvalue weighted by atomic mass is 16.9. The van der Waals surface area contributed by atoms with Crippen LogP contribution in [-0.4, -0.2) is 25.8 Å². The SMILES string of the molecule is CC=CC(CCCCC(C)CC)C(CCCCCCCC)(CCCCCCCC)C(OCC)(OCC)OCC. The zero-order valence-electron chi connectivity index (χ0n) is 28.1. The lowest BCUT2D eigenvalue weighted by Gasteiger charge is -2.52. The molecule has 3 heteroatoms. The summed E-state index contributed by atoms with van der Waals surface area (Å²) in [5, 5.41) is 0. The van der Waals surface area contributed by atoms with E-state index in [2.05, 4.69) is 67.5 Å². The van der Waals surface area contributed by atoms with E-state index in [0.29, 0.717) is 25.7 Å². The summed E-state index contributed by atoms with van der Waals surface area (Å²) < 4.78 is 20.0. The van der Waals surface area contributed by atoms with E-state index < -0.39 is 5.97 Å². The number of unbranched alkanes of at least 4 members (excludes halogenated alkanes) is 11. The summed E-state index contributed by atoms with van der Waals surface area (Å²) in [5.74, 6) is 0.213. The van der Waals surface area contributed by atoms with E-state index >= 15 is 0 Å². The van der Waals surface area contributed by atoms with Crippen LogP contribution in [0.2, 0.25) is 0 Å². The van der Waals surface area contributed by atoms with Crippen LogP contribution >= 0.6 is 0 Å². The van der Waals surface area contributed by atoms with Gasteiger partial charge < -0.3 is 14.2 Å². The Bertz CT molecular complexity index is 510. The lowest BCUT2D eigenvalue weighted by molar-refractivity contribution is -0.437. The lowest BCUT2D eigenvalue weighted by Crippen LogP contribution is -2.58. The van der Waals surface area contributed by atoms with Crippen LogP contribution in [0.1, 0.15) is 177 Å². The molecule has 0 aliphatic carbocycles. The van der Waals surface area contributed by atoms with Crippen molar-refractivity contribution in [3.8, 4) is 0 Å². The van der Waals surface area contributed by atoms with Gasteiger partial charge in [0.1, 0.15) is 0 Å². The molecular formula is C36H72O3. The van der Waals surface area contributed by atoms with E-state index in [1.165, 1.54) is 109 Å². The molecule has 2 atom stereocenters. The van der Waals surface area contributed by atoms with E-state index in [1.54, 1.807) is 0 Å². The lowest BCUT2D eigenvalue weighted by atomic mass is 9.64. The number of ether oxygens (including phenoxy) is 3. The predicted molar refractivity (Wildman–Crippen MR) is 172 cm³/mol. The standard InChI is InChI=1S/C36H72O3/c1-9-16-18-20-22-26-31-35(32-27-23-21-19-17-10-2,36(37-13-5,38-14-6)39-15-7)34(28-11-3)30-25-24-29-33(8)12-4/h11,28,33-34H,9-10,12-27,29-32H2,1-8H3. The highest BCUT2D eigenvalue weighted by molar-refractivity contribution is 5.03. The second-order valence-corrected chi connectivity index (χ2v) is 12.0. The molecule has 0 saturated heterocycles. The third-order valence-corrected chi connectivity index (χ3v) is 8.86. The average Bonchev–Trinajstić information content (AvgIpc) is 2.93. The fourth-order valence-electron chi connectivity index (χ4n) is 6.45. The summed E-state index contributed by atoms with van der Waals surface area (Å²) in [6.07, 6.45) is 29.0. The molecule has 3 nitrogen and oxygen atoms in total. The molecule has 0 aliphatic rings. The van der Waals surface area contributed by atoms with Crippen LogP contribution in [0.4, 0.5) is 0 Å². The van der Waals surface area contributed by atoms with Crippen LogP contribution in [0.5, 0.6) is 0 Å². The van der Waals surface area contributed by atoms with Gasteiger partial charge in [-0.2, -0.15) is 0 Å². The van der Waals surface area contributed by atoms with Crippen LogP contribution in [0.25, 0.3) is 0 Å². The van der Waals surface area contributed by atoms with E-state index in [9.17, 15) is 0 Å². The second kappa shape index (κ2) is 25.3. The van der Waals surface area contributed by atoms with Crippen molar-refractivity contribution in [2.75, 3.05) is 19.8 Å². The maximum absolute atomic E-state index is 6.68. The topological polar surface area (TPSA) is 27.7 Å². The first-order chi connectivity index (χ1) is 19.0. The molecule has 0 radical (unpaired) electrons. The molecule has 0 aliphatic heterocycles. The first-order valence-corrected chi connectivity index (χ1v) is 17.5. The van der Waals surface area contributed by atoms with Gasteiger partial charge in [-0.25, -0.2) is 0 Å². The minimum atomic E-state index is -0.987. The second-order valence-electron chi connectivity index (χ2n) is 12.0. The fraction of sp³-hybridized carbons (Fsp3) is 0.944. The maximum Gasteiger partial charge on any atom is 0.289 e. The van der Waals surface area contributed by atoms with Crippen molar-refractivity contribution >= 4 is 0 Å². The van der Waals surface area contributed by atoms with Gasteiger partial charge in [0.15, 0.2) is 0 Å². The Labute approximate surface area is 246 Å². The van der Waals surface area contributed by atoms with E-state index in [4.69, 9.17) is 14.2 Å². The van der Waals surface area contributed by atoms with Crippen molar-refractivity contribution < 1.29 is 14.2 Å². The summed E-state index contributed by atoms with van der Waals surface area (Å²) in [7, 11) is 0. The molecule has 2 unspecified atom stereocenters. The molecule has 0 aromatic carbocycles. The van der Waals surface area contributed by atoms with Gasteiger partial charge in [0, 0.05) is 19.8 Å². The van der Waals surface area contributed by atoms with Crippen molar-refractivity contribution in [2.45, 2.75) is 183 Å². The monoisotopic (exact) mass is 553 g/mol. The molecule has 0 fully saturated rings. The molecule has 0 bridgehead atoms. The van der Waals surface area contributed by atoms with E-state index in [-0.39, 0.29) is 5.41 Å². The van der Waals surface area contributed by atoms with Crippen molar-refractivity contribution in [1.82, 2.24) is 0 Å². The molecule has 0 N–H and O–H groups in total. The van der Waals surface area contributed by atoms with Crippen LogP contribution in [-0.2, 0) is 14.2 Å². The Morgan fingerprint density at radius 2 is 1.00 bits per heavy atom. The zero-order chi connectivity index (χ0) is 29.2. The van der Waals surface area contributed by atoms with Crippen molar-refractivity contribution in [3.63, 3.8) is 0 Å². The van der Waals surface area contributed by atoms with Crippen LogP contribution in [0, 0.1) is 17.3 Å². The molecule has 0 amide bonds. The fourth-order valence-corrected chi connectivity index (χ4v) is 6.45. The molecule has 0 saturated carbocycles. The Morgan fingerprint density at radius 1 is 0.564 bits per heavy atom. The number of rotatable bonds is 29. The smallest absolute Gasteiger partial charge is 0.289 e. The van der Waals surface area contributed by atoms with Gasteiger partial charge in [-0.05, 0) is 58.8 Å². The van der Waals surface area contributed by atoms with Crippen LogP contribution < -0.4 is 0 Å². The third kappa shape index (κ3) is 14.9. The van der Waals surface area contributed by atoms with Crippen molar-refractivity contribution in [3.05, 3.63) is 12.2 Å². The number of hydrogen-bond acceptors (Lipinski definition) is 3. The minimum absolute atomic E-state index is 0.187. The number of hydrogen-bond donors (Lipinski definition) is 0. The van der Waals surface area contributed by atoms with Gasteiger partial charge in [0.2, 0.25) is 0 Å². The van der Waals surface area contributed by atoms with Crippen molar-refractivity contribution in [2.24, 2.45) is 17.3 Å². The Kier molecular flexibility index (Phi) is 25.1. The quantitative estimate of drug-likeness (QED) is 0.0524. The summed E-state index contributed by atoms with van der Waals surface area (Å²) >= 11 is 0. The van der Waals surface area contributed by atoms with Gasteiger partial charge in [0.25, 0.3) is 5.97 Å². The molecule has 39 heavy (non-hydrogen) atoms. The number of allylic oxidation sites excluding steroid dienone is 2. The van der Waals surface area contributed by atoms with Crippen molar-refractivity contribution in [1.29, 1.82) is 0 Å². The largest absolute Gasteiger partial charge is 0.327 e. The molecule has 0 spiro atoms. The normalized spacial score (nSPS) is 14.4. The summed E-state index contributed by atoms with van der Waals surface area (Å²) in [6.45, 7) is 19.6. The van der Waals surface area contributed by atoms with E-state index in [1.807, 2.05) is 0 Å². The van der Waals surface area contributed by atoms with Gasteiger partial charge >= 0.3 is 0 Å². The summed E-state index contributed by atoms with van der Waals surface area (Å²) in [6, 6.07) is 0. The Balaban J connectivity index is 6.32. The van der Waals surface area contributed by atoms with E-state index in [0.717, 1.165) is 18.8 Å². The molecule has 0 heterocycles. The minimum Gasteiger partial charge on any atom is -0.327 e. The Morgan fingerprint density at radius 3 is 1.41 bits per heavy atom. The first-order valence-electron chi connectivity index (χ1n) is 17.5. The zero-order valence-corrected chi connectivity index (χ0v) is 28.1. The van der Waals surface area contributed by atoms with Crippen LogP contribution in [0.3, 0.4) is 0 Å². The summed E-state index contributed by atoms with van der Waals surface area (Å²) in [5.41, 5.74) is -0.187. The Hall–Kier alpha value is -0.380. The molecule has 0 aromatic heterocycles. The molecule has 0 aromatic rings. The van der Waals surface area contributed by atoms with Crippen LogP contribution in [0.15, 0.2) is 12.2 Å². The van der Waals surface area contributed by atoms with Gasteiger partial charge in [-0.3, -0.25) is 0 Å². The van der Waals surface area contributed by atoms with Gasteiger partial charge in [-0.15, -0.1) is 0 Å². The first kappa shape index (κ1) is 38.6. The average molecular weight is 553 g/mol. The predicted octanol–water partition coefficient (Wildman–Crippen LogP) is 12.0. The summed E-state index contributed by atoms with van der Waals surface area (Å²) in [4.78, 5) is 0. The molecule has 0 rings (SSSR count). The van der Waals surface area contributed by atoms with Gasteiger partial charge in [0.05, 0.1) is 5.41 Å². The highest BCUT2D eigenvalue weighted by Crippen LogP contribution is 2.53. The third-order valence-electron chi connectivity index (χ3n) is 8.86. The highest BCUT2D eigenvalue weighted by Gasteiger charge is 2.57.